The highest BCUT2D eigenvalue weighted by atomic mass is 32.1. The van der Waals surface area contributed by atoms with Gasteiger partial charge in [-0.3, -0.25) is 9.59 Å². The van der Waals surface area contributed by atoms with E-state index in [4.69, 9.17) is 8.08 Å². The lowest BCUT2D eigenvalue weighted by Crippen LogP contribution is -2.31. The molecule has 0 spiro atoms. The summed E-state index contributed by atoms with van der Waals surface area (Å²) in [6.07, 6.45) is 0. The highest BCUT2D eigenvalue weighted by Crippen LogP contribution is 2.40. The highest BCUT2D eigenvalue weighted by Gasteiger charge is 2.29. The topological polar surface area (TPSA) is 86.4 Å². The van der Waals surface area contributed by atoms with Gasteiger partial charge in [0.15, 0.2) is 0 Å². The van der Waals surface area contributed by atoms with Crippen molar-refractivity contribution < 1.29 is 9.59 Å². The van der Waals surface area contributed by atoms with Crippen LogP contribution < -0.4 is 29.4 Å². The predicted molar refractivity (Wildman–Crippen MR) is 283 cm³/mol. The van der Waals surface area contributed by atoms with Crippen molar-refractivity contribution in [3.05, 3.63) is 225 Å². The second-order valence-electron chi connectivity index (χ2n) is 17.7. The summed E-state index contributed by atoms with van der Waals surface area (Å²) in [5.74, 6) is -0.157. The molecule has 0 bridgehead atoms. The van der Waals surface area contributed by atoms with Gasteiger partial charge in [-0.15, -0.1) is 0 Å². The number of fused-ring (bicyclic) bond motifs is 3. The van der Waals surface area contributed by atoms with E-state index < -0.39 is 0 Å². The van der Waals surface area contributed by atoms with Crippen LogP contribution in [0.2, 0.25) is 0 Å². The minimum atomic E-state index is -0.124. The summed E-state index contributed by atoms with van der Waals surface area (Å²) in [5, 5.41) is 12.6. The molecule has 2 N–H and O–H groups in total. The molecular weight excluding hydrogens is 853 g/mol. The Morgan fingerprint density at radius 2 is 0.765 bits per heavy atom. The van der Waals surface area contributed by atoms with Crippen molar-refractivity contribution in [1.82, 2.24) is 18.7 Å². The van der Waals surface area contributed by atoms with E-state index >= 15 is 0 Å². The Morgan fingerprint density at radius 3 is 1.12 bits per heavy atom. The Bertz CT molecular complexity index is 3420. The van der Waals surface area contributed by atoms with Crippen molar-refractivity contribution in [3.8, 4) is 44.5 Å². The molecule has 6 nitrogen and oxygen atoms in total. The Labute approximate surface area is 401 Å². The summed E-state index contributed by atoms with van der Waals surface area (Å²) in [6.45, 7) is 12.1. The van der Waals surface area contributed by atoms with E-state index in [2.05, 4.69) is 120 Å². The largest absolute Gasteiger partial charge is 0.700 e. The molecule has 0 aromatic heterocycles. The molecule has 2 amide bonds. The first-order valence-corrected chi connectivity index (χ1v) is 23.5. The summed E-state index contributed by atoms with van der Waals surface area (Å²) in [6, 6.07) is 58.6. The van der Waals surface area contributed by atoms with Crippen molar-refractivity contribution in [2.24, 2.45) is 0 Å². The van der Waals surface area contributed by atoms with E-state index in [-0.39, 0.29) is 31.3 Å². The molecule has 334 valence electrons. The van der Waals surface area contributed by atoms with Crippen molar-refractivity contribution >= 4 is 44.7 Å². The molecule has 7 heteroatoms. The van der Waals surface area contributed by atoms with E-state index in [1.165, 1.54) is 11.4 Å². The quantitative estimate of drug-likeness (QED) is 0.134. The number of rotatable bonds is 10. The number of nitrogens with one attached hydrogen (secondary N) is 2. The zero-order valence-electron chi connectivity index (χ0n) is 38.4. The number of hydrogen-bond acceptors (Lipinski definition) is 2. The van der Waals surface area contributed by atoms with Gasteiger partial charge in [-0.1, -0.05) is 165 Å². The van der Waals surface area contributed by atoms with E-state index in [0.29, 0.717) is 11.1 Å². The third kappa shape index (κ3) is 8.29. The number of amides is 2. The first-order chi connectivity index (χ1) is 32.5. The summed E-state index contributed by atoms with van der Waals surface area (Å²) < 4.78 is 9.99. The van der Waals surface area contributed by atoms with E-state index in [9.17, 15) is 9.59 Å². The van der Waals surface area contributed by atoms with E-state index in [1.54, 1.807) is 0 Å². The molecule has 1 unspecified atom stereocenters. The molecule has 68 heavy (non-hydrogen) atoms. The van der Waals surface area contributed by atoms with Gasteiger partial charge in [0.05, 0.1) is 31.3 Å². The lowest BCUT2D eigenvalue weighted by Gasteiger charge is -2.18. The van der Waals surface area contributed by atoms with Crippen LogP contribution in [-0.2, 0) is 11.4 Å². The molecule has 0 fully saturated rings. The molecule has 2 atom stereocenters. The van der Waals surface area contributed by atoms with Gasteiger partial charge in [0, 0.05) is 11.1 Å². The van der Waals surface area contributed by atoms with Crippen molar-refractivity contribution in [2.75, 3.05) is 0 Å². The first-order valence-electron chi connectivity index (χ1n) is 22.8. The fourth-order valence-electron chi connectivity index (χ4n) is 10.1. The average Bonchev–Trinajstić information content (AvgIpc) is 3.84. The SMILES string of the molecule is C.Cc1cc(-c2cccc3cccc(-c4ccc(-c5cccc6cccc(-c7cc(C)c(C(=O)N[C@H](C)c8ccccc8)c(C)c7)c56)c5c4=[N+]=S=[N+]=5)c23)cc(C)c1C(=O)NC(C)c1ccccc1. The molecule has 10 rings (SSSR count). The van der Waals surface area contributed by atoms with Gasteiger partial charge in [-0.25, -0.2) is 0 Å². The number of aryl methyl sites for hydroxylation is 4. The Kier molecular flexibility index (Phi) is 12.5. The Hall–Kier alpha value is -7.92. The smallest absolute Gasteiger partial charge is 0.346 e. The van der Waals surface area contributed by atoms with Gasteiger partial charge in [0.2, 0.25) is 0 Å². The summed E-state index contributed by atoms with van der Waals surface area (Å²) in [5.41, 5.74) is 15.6. The maximum absolute atomic E-state index is 13.8. The predicted octanol–water partition coefficient (Wildman–Crippen LogP) is 12.3. The molecule has 0 saturated heterocycles. The summed E-state index contributed by atoms with van der Waals surface area (Å²) >= 11 is 1.23. The van der Waals surface area contributed by atoms with Crippen LogP contribution in [0, 0.1) is 27.7 Å². The normalized spacial score (nSPS) is 12.3. The monoisotopic (exact) mass is 906 g/mol. The molecule has 9 aromatic carbocycles. The molecule has 0 aliphatic carbocycles. The number of carbonyl (C=O) groups excluding carboxylic acids is 2. The van der Waals surface area contributed by atoms with E-state index in [0.717, 1.165) is 110 Å². The number of benzene rings is 9. The lowest BCUT2D eigenvalue weighted by atomic mass is 9.87. The zero-order chi connectivity index (χ0) is 46.3. The van der Waals surface area contributed by atoms with Gasteiger partial charge in [-0.2, -0.15) is 0 Å². The summed E-state index contributed by atoms with van der Waals surface area (Å²) in [4.78, 5) is 27.5. The Balaban J connectivity index is 0.00000578. The molecule has 1 heterocycles. The van der Waals surface area contributed by atoms with Gasteiger partial charge >= 0.3 is 22.1 Å². The standard InChI is InChI=1S/C60H48N4O2S.CH4/c1-35-31-45(32-36(2)53(35)59(65)61-39(5)41-17-9-7-10-18-41)47-25-13-21-43-23-15-27-49(55(43)47)51-29-30-52(58-57(51)63-67-64-58)50-28-16-24-44-22-14-26-48(56(44)50)46-33-37(3)54(38(4)34-46)60(66)62-40(6)42-19-11-8-12-20-42;/h7-34,39-40H,1-6H3;1H4/p+2/t39-,40?;/m1./s1. The summed E-state index contributed by atoms with van der Waals surface area (Å²) in [7, 11) is 0. The van der Waals surface area contributed by atoms with Crippen LogP contribution in [0.3, 0.4) is 0 Å². The van der Waals surface area contributed by atoms with Crippen molar-refractivity contribution in [1.29, 1.82) is 0 Å². The molecule has 0 saturated carbocycles. The van der Waals surface area contributed by atoms with Gasteiger partial charge in [0.25, 0.3) is 11.8 Å². The van der Waals surface area contributed by atoms with Crippen molar-refractivity contribution in [3.63, 3.8) is 0 Å². The molecule has 0 radical (unpaired) electrons. The van der Waals surface area contributed by atoms with Gasteiger partial charge in [0.1, 0.15) is 0 Å². The highest BCUT2D eigenvalue weighted by molar-refractivity contribution is 7.55. The van der Waals surface area contributed by atoms with Crippen LogP contribution in [0.25, 0.3) is 66.1 Å². The second kappa shape index (κ2) is 18.8. The number of nitrogens with zero attached hydrogens (tertiary/aromatic N) is 2. The number of carbonyl (C=O) groups is 2. The zero-order valence-corrected chi connectivity index (χ0v) is 39.3. The van der Waals surface area contributed by atoms with Gasteiger partial charge in [-0.05, 0) is 142 Å². The van der Waals surface area contributed by atoms with Crippen molar-refractivity contribution in [2.45, 2.75) is 61.1 Å². The van der Waals surface area contributed by atoms with Crippen LogP contribution in [0.15, 0.2) is 170 Å². The molecule has 1 aliphatic rings. The van der Waals surface area contributed by atoms with Crippen LogP contribution in [0.4, 0.5) is 0 Å². The minimum Gasteiger partial charge on any atom is -0.346 e. The molecule has 9 aromatic rings. The van der Waals surface area contributed by atoms with Crippen LogP contribution in [0.5, 0.6) is 0 Å². The Morgan fingerprint density at radius 1 is 0.426 bits per heavy atom. The fraction of sp³-hybridized carbons (Fsp3) is 0.148. The van der Waals surface area contributed by atoms with Crippen LogP contribution >= 0.6 is 0 Å². The molecular formula is C61H54N4O2S+2. The lowest BCUT2D eigenvalue weighted by molar-refractivity contribution is 0.0930. The maximum atomic E-state index is 13.8. The molecule has 1 aliphatic heterocycles. The first kappa shape index (κ1) is 45.2. The van der Waals surface area contributed by atoms with Gasteiger partial charge < -0.3 is 10.6 Å². The van der Waals surface area contributed by atoms with Crippen LogP contribution in [0.1, 0.15) is 87.5 Å². The fourth-order valence-corrected chi connectivity index (χ4v) is 10.6. The van der Waals surface area contributed by atoms with E-state index in [1.807, 2.05) is 102 Å². The second-order valence-corrected chi connectivity index (χ2v) is 18.3. The number of hydrogen-bond donors (Lipinski definition) is 2. The third-order valence-corrected chi connectivity index (χ3v) is 13.8. The minimum absolute atomic E-state index is 0. The van der Waals surface area contributed by atoms with Crippen LogP contribution in [-0.4, -0.2) is 11.8 Å². The maximum Gasteiger partial charge on any atom is 0.700 e. The third-order valence-electron chi connectivity index (χ3n) is 13.2. The average molecular weight is 907 g/mol.